The van der Waals surface area contributed by atoms with E-state index < -0.39 is 0 Å². The van der Waals surface area contributed by atoms with Crippen LogP contribution in [0.25, 0.3) is 10.9 Å². The first-order valence-electron chi connectivity index (χ1n) is 13.3. The van der Waals surface area contributed by atoms with Gasteiger partial charge in [-0.3, -0.25) is 9.89 Å². The van der Waals surface area contributed by atoms with Crippen molar-refractivity contribution < 1.29 is 19.5 Å². The molecule has 1 aliphatic heterocycles. The van der Waals surface area contributed by atoms with E-state index in [0.29, 0.717) is 49.5 Å². The fraction of sp³-hybridized carbons (Fsp3) is 0.333. The summed E-state index contributed by atoms with van der Waals surface area (Å²) in [7, 11) is 2.06. The van der Waals surface area contributed by atoms with Crippen LogP contribution in [-0.4, -0.2) is 65.3 Å². The lowest BCUT2D eigenvalue weighted by Gasteiger charge is -2.39. The molecule has 5 rings (SSSR count). The van der Waals surface area contributed by atoms with Crippen LogP contribution in [0.5, 0.6) is 5.75 Å². The molecule has 0 aliphatic carbocycles. The Kier molecular flexibility index (Phi) is 8.41. The molecule has 0 bridgehead atoms. The summed E-state index contributed by atoms with van der Waals surface area (Å²) in [6.07, 6.45) is 1.77. The number of hydrogen-bond acceptors (Lipinski definition) is 7. The predicted octanol–water partition coefficient (Wildman–Crippen LogP) is 5.09. The van der Waals surface area contributed by atoms with Gasteiger partial charge < -0.3 is 24.9 Å². The van der Waals surface area contributed by atoms with Crippen molar-refractivity contribution >= 4 is 28.3 Å². The number of aromatic nitrogens is 2. The Bertz CT molecular complexity index is 1380. The number of anilines is 2. The molecule has 1 amide bonds. The lowest BCUT2D eigenvalue weighted by atomic mass is 9.98. The molecule has 2 unspecified atom stereocenters. The highest BCUT2D eigenvalue weighted by Crippen LogP contribution is 2.27. The van der Waals surface area contributed by atoms with Crippen molar-refractivity contribution in [3.8, 4) is 5.75 Å². The Morgan fingerprint density at radius 3 is 2.69 bits per heavy atom. The molecular formula is C30H35N5O4. The van der Waals surface area contributed by atoms with E-state index in [0.717, 1.165) is 35.0 Å². The van der Waals surface area contributed by atoms with Gasteiger partial charge in [-0.2, -0.15) is 10.2 Å². The molecule has 4 aromatic rings. The summed E-state index contributed by atoms with van der Waals surface area (Å²) in [5.41, 5.74) is 3.49. The zero-order valence-electron chi connectivity index (χ0n) is 22.3. The maximum atomic E-state index is 12.9. The number of hydrogen-bond donors (Lipinski definition) is 3. The fourth-order valence-corrected chi connectivity index (χ4v) is 4.89. The van der Waals surface area contributed by atoms with E-state index in [4.69, 9.17) is 9.47 Å². The first-order valence-corrected chi connectivity index (χ1v) is 13.3. The third kappa shape index (κ3) is 6.57. The van der Waals surface area contributed by atoms with E-state index in [1.807, 2.05) is 79.7 Å². The number of ether oxygens (including phenoxy) is 2. The standard InChI is InChI=1S/C30H35N5O4/c1-21-18-25(14-15-35(21)37)34(2)24-10-8-23(9-11-24)30(36)31-29-27-13-12-26(19-28(27)32-33-29)39-17-16-38-20-22-6-4-3-5-7-22/h3-13,19,21,25,37H,14-18,20H2,1-2H3,(H2,31,32,33,36). The molecule has 0 spiro atoms. The molecule has 9 heteroatoms. The largest absolute Gasteiger partial charge is 0.491 e. The number of nitrogens with zero attached hydrogens (tertiary/aromatic N) is 3. The Balaban J connectivity index is 1.13. The number of fused-ring (bicyclic) bond motifs is 1. The van der Waals surface area contributed by atoms with Crippen LogP contribution in [0.4, 0.5) is 11.5 Å². The average molecular weight is 530 g/mol. The molecule has 0 radical (unpaired) electrons. The molecule has 2 atom stereocenters. The lowest BCUT2D eigenvalue weighted by molar-refractivity contribution is -0.139. The normalized spacial score (nSPS) is 17.7. The third-order valence-electron chi connectivity index (χ3n) is 7.27. The second-order valence-corrected chi connectivity index (χ2v) is 9.97. The fourth-order valence-electron chi connectivity index (χ4n) is 4.89. The minimum absolute atomic E-state index is 0.126. The van der Waals surface area contributed by atoms with Crippen molar-refractivity contribution in [3.63, 3.8) is 0 Å². The highest BCUT2D eigenvalue weighted by molar-refractivity contribution is 6.08. The lowest BCUT2D eigenvalue weighted by Crippen LogP contribution is -2.46. The molecular weight excluding hydrogens is 494 g/mol. The van der Waals surface area contributed by atoms with Crippen molar-refractivity contribution in [2.45, 2.75) is 38.5 Å². The Morgan fingerprint density at radius 2 is 1.92 bits per heavy atom. The predicted molar refractivity (Wildman–Crippen MR) is 151 cm³/mol. The molecule has 1 saturated heterocycles. The Hall–Kier alpha value is -3.92. The summed E-state index contributed by atoms with van der Waals surface area (Å²) in [5.74, 6) is 0.945. The first-order chi connectivity index (χ1) is 19.0. The van der Waals surface area contributed by atoms with E-state index in [-0.39, 0.29) is 11.9 Å². The Labute approximate surface area is 228 Å². The monoisotopic (exact) mass is 529 g/mol. The van der Waals surface area contributed by atoms with Crippen molar-refractivity contribution in [1.82, 2.24) is 15.3 Å². The smallest absolute Gasteiger partial charge is 0.256 e. The summed E-state index contributed by atoms with van der Waals surface area (Å²) in [6.45, 7) is 4.15. The minimum Gasteiger partial charge on any atom is -0.491 e. The summed E-state index contributed by atoms with van der Waals surface area (Å²) >= 11 is 0. The van der Waals surface area contributed by atoms with Gasteiger partial charge in [0.05, 0.1) is 18.7 Å². The van der Waals surface area contributed by atoms with Crippen molar-refractivity contribution in [1.29, 1.82) is 0 Å². The van der Waals surface area contributed by atoms with Crippen LogP contribution >= 0.6 is 0 Å². The molecule has 1 aliphatic rings. The zero-order valence-corrected chi connectivity index (χ0v) is 22.3. The van der Waals surface area contributed by atoms with Crippen molar-refractivity contribution in [3.05, 3.63) is 83.9 Å². The van der Waals surface area contributed by atoms with E-state index >= 15 is 0 Å². The number of piperidine rings is 1. The van der Waals surface area contributed by atoms with E-state index in [9.17, 15) is 10.0 Å². The van der Waals surface area contributed by atoms with Gasteiger partial charge in [0.1, 0.15) is 12.4 Å². The highest BCUT2D eigenvalue weighted by atomic mass is 16.5. The number of carbonyl (C=O) groups excluding carboxylic acids is 1. The van der Waals surface area contributed by atoms with E-state index in [1.54, 1.807) is 0 Å². The van der Waals surface area contributed by atoms with Crippen LogP contribution in [0.3, 0.4) is 0 Å². The molecule has 3 N–H and O–H groups in total. The molecule has 3 aromatic carbocycles. The van der Waals surface area contributed by atoms with Crippen molar-refractivity contribution in [2.75, 3.05) is 37.0 Å². The molecule has 0 saturated carbocycles. The molecule has 1 aromatic heterocycles. The number of carbonyl (C=O) groups is 1. The number of benzene rings is 3. The van der Waals surface area contributed by atoms with Gasteiger partial charge in [0, 0.05) is 48.4 Å². The van der Waals surface area contributed by atoms with Crippen LogP contribution in [0.2, 0.25) is 0 Å². The first kappa shape index (κ1) is 26.7. The number of amides is 1. The second-order valence-electron chi connectivity index (χ2n) is 9.97. The van der Waals surface area contributed by atoms with E-state index in [1.165, 1.54) is 5.06 Å². The van der Waals surface area contributed by atoms with Crippen molar-refractivity contribution in [2.24, 2.45) is 0 Å². The topological polar surface area (TPSA) is 103 Å². The van der Waals surface area contributed by atoms with Gasteiger partial charge in [-0.15, -0.1) is 0 Å². The quantitative estimate of drug-likeness (QED) is 0.246. The second kappa shape index (κ2) is 12.3. The zero-order chi connectivity index (χ0) is 27.2. The SMILES string of the molecule is CC1CC(N(C)c2ccc(C(=O)Nc3n[nH]c4cc(OCCOCc5ccccc5)ccc34)cc2)CCN1O. The van der Waals surface area contributed by atoms with Crippen LogP contribution < -0.4 is 15.0 Å². The number of nitrogens with one attached hydrogen (secondary N) is 2. The van der Waals surface area contributed by atoms with Gasteiger partial charge in [-0.25, -0.2) is 0 Å². The van der Waals surface area contributed by atoms with Gasteiger partial charge >= 0.3 is 0 Å². The van der Waals surface area contributed by atoms with Crippen LogP contribution in [0.1, 0.15) is 35.7 Å². The number of aromatic amines is 1. The summed E-state index contributed by atoms with van der Waals surface area (Å²) in [6, 6.07) is 23.7. The summed E-state index contributed by atoms with van der Waals surface area (Å²) in [5, 5.41) is 22.3. The van der Waals surface area contributed by atoms with Crippen LogP contribution in [0.15, 0.2) is 72.8 Å². The minimum atomic E-state index is -0.226. The van der Waals surface area contributed by atoms with Gasteiger partial charge in [0.25, 0.3) is 5.91 Å². The number of H-pyrrole nitrogens is 1. The Morgan fingerprint density at radius 1 is 1.13 bits per heavy atom. The maximum Gasteiger partial charge on any atom is 0.256 e. The molecule has 204 valence electrons. The summed E-state index contributed by atoms with van der Waals surface area (Å²) in [4.78, 5) is 15.2. The van der Waals surface area contributed by atoms with E-state index in [2.05, 4.69) is 27.5 Å². The summed E-state index contributed by atoms with van der Waals surface area (Å²) < 4.78 is 11.5. The van der Waals surface area contributed by atoms with Gasteiger partial charge in [-0.05, 0) is 61.7 Å². The molecule has 9 nitrogen and oxygen atoms in total. The van der Waals surface area contributed by atoms with Gasteiger partial charge in [-0.1, -0.05) is 30.3 Å². The highest BCUT2D eigenvalue weighted by Gasteiger charge is 2.27. The van der Waals surface area contributed by atoms with Gasteiger partial charge in [0.2, 0.25) is 0 Å². The molecule has 2 heterocycles. The van der Waals surface area contributed by atoms with Crippen LogP contribution in [-0.2, 0) is 11.3 Å². The number of rotatable bonds is 10. The van der Waals surface area contributed by atoms with Crippen LogP contribution in [0, 0.1) is 0 Å². The maximum absolute atomic E-state index is 12.9. The number of hydroxylamine groups is 2. The van der Waals surface area contributed by atoms with Gasteiger partial charge in [0.15, 0.2) is 5.82 Å². The molecule has 1 fully saturated rings. The average Bonchev–Trinajstić information content (AvgIpc) is 3.36. The molecule has 39 heavy (non-hydrogen) atoms. The third-order valence-corrected chi connectivity index (χ3v) is 7.27.